The molecular formula is C10H16F3N3. The van der Waals surface area contributed by atoms with Gasteiger partial charge in [0.05, 0.1) is 0 Å². The molecular weight excluding hydrogens is 219 g/mol. The number of hydrogen-bond acceptors (Lipinski definition) is 3. The fourth-order valence-corrected chi connectivity index (χ4v) is 1.09. The number of nitrogens with two attached hydrogens (primary N) is 1. The van der Waals surface area contributed by atoms with E-state index in [9.17, 15) is 13.2 Å². The SMILES string of the molecule is C=C/C=C(\C=NCC(F)(F)F)C(CC)NN. The minimum Gasteiger partial charge on any atom is -0.283 e. The molecule has 0 aliphatic rings. The molecule has 0 aliphatic heterocycles. The van der Waals surface area contributed by atoms with E-state index in [1.165, 1.54) is 12.3 Å². The molecule has 0 saturated heterocycles. The molecule has 0 aliphatic carbocycles. The molecule has 1 atom stereocenters. The van der Waals surface area contributed by atoms with E-state index in [4.69, 9.17) is 5.84 Å². The van der Waals surface area contributed by atoms with Crippen molar-refractivity contribution in [1.29, 1.82) is 0 Å². The monoisotopic (exact) mass is 235 g/mol. The summed E-state index contributed by atoms with van der Waals surface area (Å²) in [6, 6.07) is -0.227. The number of hydrogen-bond donors (Lipinski definition) is 2. The van der Waals surface area contributed by atoms with Gasteiger partial charge < -0.3 is 0 Å². The summed E-state index contributed by atoms with van der Waals surface area (Å²) in [5.74, 6) is 5.26. The molecule has 0 amide bonds. The van der Waals surface area contributed by atoms with Crippen LogP contribution in [0.3, 0.4) is 0 Å². The van der Waals surface area contributed by atoms with Crippen LogP contribution in [0.5, 0.6) is 0 Å². The molecule has 0 spiro atoms. The Kier molecular flexibility index (Phi) is 6.67. The highest BCUT2D eigenvalue weighted by molar-refractivity contribution is 5.80. The lowest BCUT2D eigenvalue weighted by Gasteiger charge is -2.14. The van der Waals surface area contributed by atoms with Crippen molar-refractivity contribution < 1.29 is 13.2 Å². The fraction of sp³-hybridized carbons (Fsp3) is 0.500. The molecule has 0 saturated carbocycles. The van der Waals surface area contributed by atoms with Crippen LogP contribution in [-0.4, -0.2) is 25.0 Å². The van der Waals surface area contributed by atoms with Crippen LogP contribution in [0.4, 0.5) is 13.2 Å². The van der Waals surface area contributed by atoms with Gasteiger partial charge in [-0.05, 0) is 12.0 Å². The van der Waals surface area contributed by atoms with Gasteiger partial charge in [-0.25, -0.2) is 0 Å². The zero-order valence-corrected chi connectivity index (χ0v) is 9.09. The first-order chi connectivity index (χ1) is 7.44. The average Bonchev–Trinajstić information content (AvgIpc) is 2.17. The number of alkyl halides is 3. The molecule has 3 N–H and O–H groups in total. The molecule has 0 aromatic carbocycles. The number of allylic oxidation sites excluding steroid dienone is 2. The van der Waals surface area contributed by atoms with Gasteiger partial charge in [0.15, 0.2) is 0 Å². The topological polar surface area (TPSA) is 50.4 Å². The van der Waals surface area contributed by atoms with Crippen molar-refractivity contribution in [1.82, 2.24) is 5.43 Å². The number of aliphatic imine (C=N–C) groups is 1. The molecule has 3 nitrogen and oxygen atoms in total. The first-order valence-corrected chi connectivity index (χ1v) is 4.80. The van der Waals surface area contributed by atoms with Crippen molar-refractivity contribution in [3.63, 3.8) is 0 Å². The highest BCUT2D eigenvalue weighted by Crippen LogP contribution is 2.14. The third-order valence-corrected chi connectivity index (χ3v) is 1.83. The van der Waals surface area contributed by atoms with Gasteiger partial charge >= 0.3 is 6.18 Å². The van der Waals surface area contributed by atoms with E-state index in [1.807, 2.05) is 6.92 Å². The number of halogens is 3. The van der Waals surface area contributed by atoms with Crippen LogP contribution in [0.15, 0.2) is 29.3 Å². The van der Waals surface area contributed by atoms with E-state index < -0.39 is 12.7 Å². The molecule has 6 heteroatoms. The number of hydrazine groups is 1. The largest absolute Gasteiger partial charge is 0.407 e. The van der Waals surface area contributed by atoms with Crippen LogP contribution in [0.1, 0.15) is 13.3 Å². The molecule has 0 heterocycles. The van der Waals surface area contributed by atoms with Crippen molar-refractivity contribution in [2.24, 2.45) is 10.8 Å². The third-order valence-electron chi connectivity index (χ3n) is 1.83. The Morgan fingerprint density at radius 3 is 2.56 bits per heavy atom. The predicted molar refractivity (Wildman–Crippen MR) is 59.1 cm³/mol. The molecule has 92 valence electrons. The zero-order chi connectivity index (χ0) is 12.6. The summed E-state index contributed by atoms with van der Waals surface area (Å²) >= 11 is 0. The van der Waals surface area contributed by atoms with Crippen LogP contribution in [-0.2, 0) is 0 Å². The normalized spacial score (nSPS) is 15.4. The minimum atomic E-state index is -4.28. The maximum absolute atomic E-state index is 11.9. The van der Waals surface area contributed by atoms with Crippen LogP contribution in [0.2, 0.25) is 0 Å². The Hall–Kier alpha value is -1.14. The van der Waals surface area contributed by atoms with Crippen LogP contribution >= 0.6 is 0 Å². The first-order valence-electron chi connectivity index (χ1n) is 4.80. The lowest BCUT2D eigenvalue weighted by atomic mass is 10.1. The summed E-state index contributed by atoms with van der Waals surface area (Å²) in [4.78, 5) is 3.32. The van der Waals surface area contributed by atoms with Crippen molar-refractivity contribution in [2.45, 2.75) is 25.6 Å². The summed E-state index contributed by atoms with van der Waals surface area (Å²) in [6.07, 6.45) is 0.591. The van der Waals surface area contributed by atoms with E-state index in [2.05, 4.69) is 17.0 Å². The Labute approximate surface area is 92.9 Å². The Balaban J connectivity index is 4.57. The van der Waals surface area contributed by atoms with Gasteiger partial charge in [0.25, 0.3) is 0 Å². The maximum Gasteiger partial charge on any atom is 0.407 e. The molecule has 16 heavy (non-hydrogen) atoms. The van der Waals surface area contributed by atoms with Crippen molar-refractivity contribution >= 4 is 6.21 Å². The summed E-state index contributed by atoms with van der Waals surface area (Å²) in [6.45, 7) is 4.15. The fourth-order valence-electron chi connectivity index (χ4n) is 1.09. The van der Waals surface area contributed by atoms with E-state index in [-0.39, 0.29) is 6.04 Å². The quantitative estimate of drug-likeness (QED) is 0.320. The molecule has 0 bridgehead atoms. The highest BCUT2D eigenvalue weighted by atomic mass is 19.4. The third kappa shape index (κ3) is 6.36. The lowest BCUT2D eigenvalue weighted by molar-refractivity contribution is -0.118. The first kappa shape index (κ1) is 14.9. The van der Waals surface area contributed by atoms with Crippen LogP contribution < -0.4 is 11.3 Å². The summed E-state index contributed by atoms with van der Waals surface area (Å²) in [7, 11) is 0. The number of nitrogens with one attached hydrogen (secondary N) is 1. The Bertz CT molecular complexity index is 265. The molecule has 0 rings (SSSR count). The van der Waals surface area contributed by atoms with Gasteiger partial charge in [-0.1, -0.05) is 25.7 Å². The smallest absolute Gasteiger partial charge is 0.283 e. The van der Waals surface area contributed by atoms with Crippen LogP contribution in [0.25, 0.3) is 0 Å². The zero-order valence-electron chi connectivity index (χ0n) is 9.09. The summed E-state index contributed by atoms with van der Waals surface area (Å²) in [5, 5.41) is 0. The lowest BCUT2D eigenvalue weighted by Crippen LogP contribution is -2.36. The number of nitrogens with zero attached hydrogens (tertiary/aromatic N) is 1. The van der Waals surface area contributed by atoms with Gasteiger partial charge in [-0.2, -0.15) is 13.2 Å². The van der Waals surface area contributed by atoms with Crippen molar-refractivity contribution in [2.75, 3.05) is 6.54 Å². The van der Waals surface area contributed by atoms with Crippen molar-refractivity contribution in [3.8, 4) is 0 Å². The average molecular weight is 235 g/mol. The summed E-state index contributed by atoms with van der Waals surface area (Å²) in [5.41, 5.74) is 3.07. The van der Waals surface area contributed by atoms with Gasteiger partial charge in [-0.15, -0.1) is 0 Å². The van der Waals surface area contributed by atoms with Crippen LogP contribution in [0, 0.1) is 0 Å². The van der Waals surface area contributed by atoms with Gasteiger partial charge in [0.1, 0.15) is 6.54 Å². The number of rotatable bonds is 6. The van der Waals surface area contributed by atoms with E-state index in [0.717, 1.165) is 0 Å². The molecule has 0 fully saturated rings. The molecule has 1 unspecified atom stereocenters. The van der Waals surface area contributed by atoms with E-state index >= 15 is 0 Å². The van der Waals surface area contributed by atoms with Gasteiger partial charge in [0.2, 0.25) is 0 Å². The standard InChI is InChI=1S/C10H16F3N3/c1-3-5-8(9(4-2)16-14)6-15-7-10(11,12)13/h3,5-6,9,16H,1,4,7,14H2,2H3/b8-5+,15-6?. The minimum absolute atomic E-state index is 0.227. The summed E-state index contributed by atoms with van der Waals surface area (Å²) < 4.78 is 35.6. The molecule has 0 aromatic rings. The van der Waals surface area contributed by atoms with Gasteiger partial charge in [-0.3, -0.25) is 16.3 Å². The second-order valence-corrected chi connectivity index (χ2v) is 3.11. The van der Waals surface area contributed by atoms with E-state index in [1.54, 1.807) is 6.08 Å². The second kappa shape index (κ2) is 7.19. The Morgan fingerprint density at radius 2 is 2.19 bits per heavy atom. The predicted octanol–water partition coefficient (Wildman–Crippen LogP) is 1.97. The van der Waals surface area contributed by atoms with E-state index in [0.29, 0.717) is 12.0 Å². The highest BCUT2D eigenvalue weighted by Gasteiger charge is 2.26. The Morgan fingerprint density at radius 1 is 1.56 bits per heavy atom. The molecule has 0 radical (unpaired) electrons. The maximum atomic E-state index is 11.9. The van der Waals surface area contributed by atoms with Gasteiger partial charge in [0, 0.05) is 12.3 Å². The second-order valence-electron chi connectivity index (χ2n) is 3.11. The molecule has 0 aromatic heterocycles. The van der Waals surface area contributed by atoms with Crippen molar-refractivity contribution in [3.05, 3.63) is 24.3 Å².